The van der Waals surface area contributed by atoms with E-state index in [0.717, 1.165) is 38.8 Å². The molecule has 0 bridgehead atoms. The molecule has 1 aliphatic heterocycles. The Bertz CT molecular complexity index is 1480. The molecule has 0 saturated carbocycles. The van der Waals surface area contributed by atoms with Gasteiger partial charge in [0.05, 0.1) is 11.7 Å². The van der Waals surface area contributed by atoms with Crippen molar-refractivity contribution in [2.45, 2.75) is 13.0 Å². The van der Waals surface area contributed by atoms with Gasteiger partial charge in [-0.25, -0.2) is 0 Å². The highest BCUT2D eigenvalue weighted by molar-refractivity contribution is 6.11. The number of anilines is 1. The summed E-state index contributed by atoms with van der Waals surface area (Å²) in [7, 11) is 0. The average Bonchev–Trinajstić information content (AvgIpc) is 3.26. The summed E-state index contributed by atoms with van der Waals surface area (Å²) in [5.74, 6) is 0.00549. The molecule has 1 amide bonds. The maximum Gasteiger partial charge on any atom is 0.259 e. The molecule has 1 atom stereocenters. The van der Waals surface area contributed by atoms with Crippen molar-refractivity contribution >= 4 is 22.5 Å². The minimum absolute atomic E-state index is 0.00549. The van der Waals surface area contributed by atoms with Gasteiger partial charge in [-0.1, -0.05) is 78.4 Å². The number of aryl methyl sites for hydroxylation is 1. The first-order valence-corrected chi connectivity index (χ1v) is 10.9. The van der Waals surface area contributed by atoms with Crippen molar-refractivity contribution in [3.63, 3.8) is 0 Å². The molecular weight excluding hydrogens is 392 g/mol. The van der Waals surface area contributed by atoms with E-state index in [1.165, 1.54) is 5.56 Å². The quantitative estimate of drug-likeness (QED) is 0.335. The normalized spacial score (nSPS) is 14.8. The fraction of sp³-hybridized carbons (Fsp3) is 0.0690. The van der Waals surface area contributed by atoms with Crippen LogP contribution >= 0.6 is 0 Å². The Hall–Kier alpha value is -4.11. The predicted octanol–water partition coefficient (Wildman–Crippen LogP) is 6.89. The number of nitrogens with one attached hydrogen (secondary N) is 1. The number of nitrogens with zero attached hydrogens (tertiary/aromatic N) is 1. The average molecular weight is 415 g/mol. The van der Waals surface area contributed by atoms with Crippen LogP contribution in [-0.4, -0.2) is 10.9 Å². The topological polar surface area (TPSA) is 36.1 Å². The summed E-state index contributed by atoms with van der Waals surface area (Å²) in [5, 5.41) is 1.13. The van der Waals surface area contributed by atoms with Gasteiger partial charge in [-0.05, 0) is 42.3 Å². The van der Waals surface area contributed by atoms with Gasteiger partial charge in [0.1, 0.15) is 0 Å². The number of H-pyrrole nitrogens is 1. The highest BCUT2D eigenvalue weighted by Gasteiger charge is 2.37. The first-order valence-electron chi connectivity index (χ1n) is 10.9. The molecule has 3 heteroatoms. The van der Waals surface area contributed by atoms with E-state index in [-0.39, 0.29) is 11.9 Å². The van der Waals surface area contributed by atoms with Crippen molar-refractivity contribution in [1.29, 1.82) is 0 Å². The molecule has 2 heterocycles. The minimum Gasteiger partial charge on any atom is -0.361 e. The van der Waals surface area contributed by atoms with Crippen LogP contribution in [0.3, 0.4) is 0 Å². The van der Waals surface area contributed by atoms with Gasteiger partial charge in [0, 0.05) is 33.8 Å². The molecule has 1 aromatic heterocycles. The summed E-state index contributed by atoms with van der Waals surface area (Å²) in [4.78, 5) is 19.5. The van der Waals surface area contributed by atoms with E-state index in [9.17, 15) is 4.79 Å². The van der Waals surface area contributed by atoms with Crippen molar-refractivity contribution in [3.05, 3.63) is 126 Å². The molecule has 154 valence electrons. The van der Waals surface area contributed by atoms with E-state index < -0.39 is 0 Å². The third-order valence-corrected chi connectivity index (χ3v) is 6.37. The van der Waals surface area contributed by atoms with Crippen LogP contribution in [0.4, 0.5) is 5.69 Å². The fourth-order valence-corrected chi connectivity index (χ4v) is 4.94. The van der Waals surface area contributed by atoms with Gasteiger partial charge in [0.2, 0.25) is 0 Å². The minimum atomic E-state index is -0.231. The van der Waals surface area contributed by atoms with Crippen molar-refractivity contribution < 1.29 is 4.79 Å². The highest BCUT2D eigenvalue weighted by atomic mass is 16.2. The summed E-state index contributed by atoms with van der Waals surface area (Å²) in [6.45, 7) is 2.02. The third kappa shape index (κ3) is 2.78. The fourth-order valence-electron chi connectivity index (χ4n) is 4.94. The first kappa shape index (κ1) is 18.6. The van der Waals surface area contributed by atoms with Crippen LogP contribution in [0.2, 0.25) is 0 Å². The SMILES string of the molecule is Cc1cccc(C(=O)N2c3ccccc3-c3ccccc3C2c2c[nH]c3ccccc23)c1. The lowest BCUT2D eigenvalue weighted by atomic mass is 9.84. The van der Waals surface area contributed by atoms with E-state index in [1.54, 1.807) is 0 Å². The molecule has 0 radical (unpaired) electrons. The van der Waals surface area contributed by atoms with Gasteiger partial charge in [-0.15, -0.1) is 0 Å². The second-order valence-electron chi connectivity index (χ2n) is 8.34. The van der Waals surface area contributed by atoms with E-state index in [2.05, 4.69) is 65.8 Å². The summed E-state index contributed by atoms with van der Waals surface area (Å²) in [6, 6.07) is 32.5. The lowest BCUT2D eigenvalue weighted by Gasteiger charge is -2.39. The zero-order valence-electron chi connectivity index (χ0n) is 17.7. The number of hydrogen-bond acceptors (Lipinski definition) is 1. The summed E-state index contributed by atoms with van der Waals surface area (Å²) < 4.78 is 0. The Kier molecular flexibility index (Phi) is 4.22. The zero-order valence-corrected chi connectivity index (χ0v) is 17.7. The van der Waals surface area contributed by atoms with Gasteiger partial charge in [0.15, 0.2) is 0 Å². The molecule has 6 rings (SSSR count). The molecule has 1 N–H and O–H groups in total. The lowest BCUT2D eigenvalue weighted by molar-refractivity contribution is 0.0980. The molecule has 1 unspecified atom stereocenters. The van der Waals surface area contributed by atoms with E-state index >= 15 is 0 Å². The number of para-hydroxylation sites is 2. The molecule has 0 fully saturated rings. The van der Waals surface area contributed by atoms with Crippen molar-refractivity contribution in [2.24, 2.45) is 0 Å². The Balaban J connectivity index is 1.65. The second kappa shape index (κ2) is 7.24. The van der Waals surface area contributed by atoms with E-state index in [0.29, 0.717) is 5.56 Å². The van der Waals surface area contributed by atoms with Gasteiger partial charge in [-0.2, -0.15) is 0 Å². The molecule has 1 aliphatic rings. The largest absolute Gasteiger partial charge is 0.361 e. The summed E-state index contributed by atoms with van der Waals surface area (Å²) in [5.41, 5.74) is 8.27. The number of carbonyl (C=O) groups is 1. The number of hydrogen-bond donors (Lipinski definition) is 1. The number of benzene rings is 4. The Morgan fingerprint density at radius 3 is 2.41 bits per heavy atom. The van der Waals surface area contributed by atoms with Crippen LogP contribution in [0, 0.1) is 6.92 Å². The smallest absolute Gasteiger partial charge is 0.259 e. The van der Waals surface area contributed by atoms with Gasteiger partial charge >= 0.3 is 0 Å². The standard InChI is InChI=1S/C29H22N2O/c1-19-9-8-10-20(17-19)29(32)31-27-16-7-5-13-23(27)21-11-2-3-14-24(21)28(31)25-18-30-26-15-6-4-12-22(25)26/h2-18,28,30H,1H3. The van der Waals surface area contributed by atoms with Crippen LogP contribution in [0.25, 0.3) is 22.0 Å². The van der Waals surface area contributed by atoms with Crippen LogP contribution in [0.15, 0.2) is 103 Å². The van der Waals surface area contributed by atoms with Crippen LogP contribution < -0.4 is 4.90 Å². The number of amides is 1. The molecule has 32 heavy (non-hydrogen) atoms. The van der Waals surface area contributed by atoms with Crippen LogP contribution in [0.5, 0.6) is 0 Å². The van der Waals surface area contributed by atoms with E-state index in [4.69, 9.17) is 0 Å². The monoisotopic (exact) mass is 414 g/mol. The zero-order chi connectivity index (χ0) is 21.7. The van der Waals surface area contributed by atoms with Gasteiger partial charge in [0.25, 0.3) is 5.91 Å². The number of aromatic nitrogens is 1. The summed E-state index contributed by atoms with van der Waals surface area (Å²) >= 11 is 0. The predicted molar refractivity (Wildman–Crippen MR) is 130 cm³/mol. The summed E-state index contributed by atoms with van der Waals surface area (Å²) in [6.07, 6.45) is 2.05. The highest BCUT2D eigenvalue weighted by Crippen LogP contribution is 2.48. The number of aromatic amines is 1. The van der Waals surface area contributed by atoms with Crippen LogP contribution in [-0.2, 0) is 0 Å². The second-order valence-corrected chi connectivity index (χ2v) is 8.34. The maximum absolute atomic E-state index is 14.1. The molecule has 0 spiro atoms. The maximum atomic E-state index is 14.1. The molecule has 5 aromatic rings. The molecular formula is C29H22N2O. The van der Waals surface area contributed by atoms with Gasteiger partial charge < -0.3 is 4.98 Å². The molecule has 0 aliphatic carbocycles. The molecule has 4 aromatic carbocycles. The van der Waals surface area contributed by atoms with Crippen molar-refractivity contribution in [2.75, 3.05) is 4.90 Å². The Labute approximate surface area is 187 Å². The third-order valence-electron chi connectivity index (χ3n) is 6.37. The first-order chi connectivity index (χ1) is 15.7. The molecule has 3 nitrogen and oxygen atoms in total. The van der Waals surface area contributed by atoms with Gasteiger partial charge in [-0.3, -0.25) is 9.69 Å². The van der Waals surface area contributed by atoms with Crippen LogP contribution in [0.1, 0.15) is 33.1 Å². The Morgan fingerprint density at radius 1 is 0.781 bits per heavy atom. The van der Waals surface area contributed by atoms with Crippen molar-refractivity contribution in [3.8, 4) is 11.1 Å². The molecule has 0 saturated heterocycles. The van der Waals surface area contributed by atoms with E-state index in [1.807, 2.05) is 54.3 Å². The number of rotatable bonds is 2. The number of fused-ring (bicyclic) bond motifs is 4. The Morgan fingerprint density at radius 2 is 1.53 bits per heavy atom. The lowest BCUT2D eigenvalue weighted by Crippen LogP contribution is -2.38. The number of carbonyl (C=O) groups excluding carboxylic acids is 1. The van der Waals surface area contributed by atoms with Crippen molar-refractivity contribution in [1.82, 2.24) is 4.98 Å².